The van der Waals surface area contributed by atoms with Crippen molar-refractivity contribution < 1.29 is 13.5 Å². The second-order valence-corrected chi connectivity index (χ2v) is 8.97. The van der Waals surface area contributed by atoms with Crippen LogP contribution in [0, 0.1) is 18.3 Å². The van der Waals surface area contributed by atoms with Gasteiger partial charge in [0.15, 0.2) is 0 Å². The number of aromatic nitrogens is 1. The Kier molecular flexibility index (Phi) is 6.10. The first-order valence-electron chi connectivity index (χ1n) is 9.15. The lowest BCUT2D eigenvalue weighted by molar-refractivity contribution is 0.184. The van der Waals surface area contributed by atoms with Gasteiger partial charge in [0, 0.05) is 37.4 Å². The van der Waals surface area contributed by atoms with E-state index < -0.39 is 10.0 Å². The topological polar surface area (TPSA) is 97.5 Å². The molecule has 7 nitrogen and oxygen atoms in total. The highest BCUT2D eigenvalue weighted by molar-refractivity contribution is 7.89. The third-order valence-electron chi connectivity index (χ3n) is 5.22. The molecule has 1 N–H and O–H groups in total. The first kappa shape index (κ1) is 20.4. The quantitative estimate of drug-likeness (QED) is 0.791. The maximum Gasteiger partial charge on any atom is 0.244 e. The largest absolute Gasteiger partial charge is 0.395 e. The van der Waals surface area contributed by atoms with E-state index in [1.165, 1.54) is 10.5 Å². The Balaban J connectivity index is 1.77. The number of nitrogens with zero attached hydrogens (tertiary/aromatic N) is 4. The molecule has 0 saturated carbocycles. The van der Waals surface area contributed by atoms with E-state index in [1.54, 1.807) is 18.2 Å². The van der Waals surface area contributed by atoms with E-state index in [2.05, 4.69) is 11.1 Å². The Labute approximate surface area is 165 Å². The van der Waals surface area contributed by atoms with Gasteiger partial charge in [-0.3, -0.25) is 9.88 Å². The van der Waals surface area contributed by atoms with Crippen molar-refractivity contribution in [3.8, 4) is 17.3 Å². The fourth-order valence-corrected chi connectivity index (χ4v) is 4.87. The summed E-state index contributed by atoms with van der Waals surface area (Å²) in [4.78, 5) is 6.50. The van der Waals surface area contributed by atoms with E-state index in [-0.39, 0.29) is 17.5 Å². The monoisotopic (exact) mass is 400 g/mol. The summed E-state index contributed by atoms with van der Waals surface area (Å²) in [6, 6.07) is 10.9. The standard InChI is InChI=1S/C20H24N4O3S/c1-15-11-16(3-4-17(15)12-21)20-6-5-19(13-22-20)28(26,27)24-8-7-18(14-24)23(2)9-10-25/h3-6,11,13,18,25H,7-10,14H2,1-2H3/t18-/m1/s1. The molecule has 1 fully saturated rings. The first-order valence-corrected chi connectivity index (χ1v) is 10.6. The van der Waals surface area contributed by atoms with E-state index in [9.17, 15) is 8.42 Å². The van der Waals surface area contributed by atoms with Crippen LogP contribution in [-0.4, -0.2) is 67.0 Å². The summed E-state index contributed by atoms with van der Waals surface area (Å²) >= 11 is 0. The highest BCUT2D eigenvalue weighted by atomic mass is 32.2. The number of rotatable bonds is 6. The Hall–Kier alpha value is -2.31. The minimum Gasteiger partial charge on any atom is -0.395 e. The summed E-state index contributed by atoms with van der Waals surface area (Å²) in [6.07, 6.45) is 2.13. The molecule has 1 aliphatic heterocycles. The first-order chi connectivity index (χ1) is 13.4. The predicted molar refractivity (Wildman–Crippen MR) is 106 cm³/mol. The van der Waals surface area contributed by atoms with E-state index in [1.807, 2.05) is 31.0 Å². The molecule has 2 heterocycles. The molecule has 1 aliphatic rings. The minimum atomic E-state index is -3.60. The lowest BCUT2D eigenvalue weighted by atomic mass is 10.0. The molecule has 3 rings (SSSR count). The lowest BCUT2D eigenvalue weighted by Gasteiger charge is -2.23. The molecule has 0 radical (unpaired) electrons. The van der Waals surface area contributed by atoms with Crippen LogP contribution in [0.5, 0.6) is 0 Å². The normalized spacial score (nSPS) is 17.8. The number of aryl methyl sites for hydroxylation is 1. The molecule has 8 heteroatoms. The van der Waals surface area contributed by atoms with E-state index in [0.29, 0.717) is 30.9 Å². The van der Waals surface area contributed by atoms with Gasteiger partial charge in [-0.25, -0.2) is 8.42 Å². The molecular formula is C20H24N4O3S. The molecule has 0 unspecified atom stereocenters. The fourth-order valence-electron chi connectivity index (χ4n) is 3.43. The smallest absolute Gasteiger partial charge is 0.244 e. The molecule has 148 valence electrons. The summed E-state index contributed by atoms with van der Waals surface area (Å²) in [5.74, 6) is 0. The average molecular weight is 401 g/mol. The zero-order valence-electron chi connectivity index (χ0n) is 16.0. The van der Waals surface area contributed by atoms with Crippen LogP contribution in [0.3, 0.4) is 0 Å². The van der Waals surface area contributed by atoms with Crippen molar-refractivity contribution in [3.63, 3.8) is 0 Å². The van der Waals surface area contributed by atoms with Gasteiger partial charge in [-0.15, -0.1) is 0 Å². The van der Waals surface area contributed by atoms with E-state index in [4.69, 9.17) is 10.4 Å². The maximum absolute atomic E-state index is 12.9. The molecule has 28 heavy (non-hydrogen) atoms. The zero-order valence-corrected chi connectivity index (χ0v) is 16.9. The van der Waals surface area contributed by atoms with Gasteiger partial charge >= 0.3 is 0 Å². The van der Waals surface area contributed by atoms with Crippen molar-refractivity contribution in [2.75, 3.05) is 33.3 Å². The van der Waals surface area contributed by atoms with Crippen molar-refractivity contribution in [1.29, 1.82) is 5.26 Å². The van der Waals surface area contributed by atoms with E-state index >= 15 is 0 Å². The third kappa shape index (κ3) is 4.08. The van der Waals surface area contributed by atoms with Gasteiger partial charge in [0.05, 0.1) is 23.9 Å². The van der Waals surface area contributed by atoms with Gasteiger partial charge in [-0.05, 0) is 50.2 Å². The highest BCUT2D eigenvalue weighted by Gasteiger charge is 2.34. The van der Waals surface area contributed by atoms with Gasteiger partial charge in [-0.2, -0.15) is 9.57 Å². The molecule has 2 aromatic rings. The Morgan fingerprint density at radius 2 is 2.14 bits per heavy atom. The van der Waals surface area contributed by atoms with Crippen LogP contribution in [0.25, 0.3) is 11.3 Å². The SMILES string of the molecule is Cc1cc(-c2ccc(S(=O)(=O)N3CC[C@@H](N(C)CCO)C3)cn2)ccc1C#N. The van der Waals surface area contributed by atoms with Crippen LogP contribution in [0.2, 0.25) is 0 Å². The average Bonchev–Trinajstić information content (AvgIpc) is 3.19. The number of likely N-dealkylation sites (N-methyl/N-ethyl adjacent to an activating group) is 1. The third-order valence-corrected chi connectivity index (χ3v) is 7.07. The number of hydrogen-bond acceptors (Lipinski definition) is 6. The molecule has 1 aromatic heterocycles. The zero-order chi connectivity index (χ0) is 20.3. The number of aliphatic hydroxyl groups is 1. The van der Waals surface area contributed by atoms with Gasteiger partial charge in [0.1, 0.15) is 4.90 Å². The molecule has 0 spiro atoms. The van der Waals surface area contributed by atoms with Crippen LogP contribution in [-0.2, 0) is 10.0 Å². The predicted octanol–water partition coefficient (Wildman–Crippen LogP) is 1.62. The van der Waals surface area contributed by atoms with Crippen LogP contribution in [0.1, 0.15) is 17.5 Å². The summed E-state index contributed by atoms with van der Waals surface area (Å²) in [6.45, 7) is 3.31. The van der Waals surface area contributed by atoms with Crippen LogP contribution >= 0.6 is 0 Å². The van der Waals surface area contributed by atoms with Crippen molar-refractivity contribution >= 4 is 10.0 Å². The molecule has 1 aromatic carbocycles. The number of benzene rings is 1. The van der Waals surface area contributed by atoms with Crippen LogP contribution in [0.4, 0.5) is 0 Å². The highest BCUT2D eigenvalue weighted by Crippen LogP contribution is 2.25. The Bertz CT molecular complexity index is 984. The van der Waals surface area contributed by atoms with Crippen LogP contribution < -0.4 is 0 Å². The second kappa shape index (κ2) is 8.37. The summed E-state index contributed by atoms with van der Waals surface area (Å²) in [5, 5.41) is 18.1. The minimum absolute atomic E-state index is 0.0555. The molecular weight excluding hydrogens is 376 g/mol. The van der Waals surface area contributed by atoms with Crippen molar-refractivity contribution in [2.45, 2.75) is 24.3 Å². The molecule has 0 aliphatic carbocycles. The second-order valence-electron chi connectivity index (χ2n) is 7.03. The van der Waals surface area contributed by atoms with Gasteiger partial charge in [0.2, 0.25) is 10.0 Å². The Morgan fingerprint density at radius 1 is 1.36 bits per heavy atom. The molecule has 1 saturated heterocycles. The fraction of sp³-hybridized carbons (Fsp3) is 0.400. The summed E-state index contributed by atoms with van der Waals surface area (Å²) in [7, 11) is -1.70. The van der Waals surface area contributed by atoms with Crippen molar-refractivity contribution in [3.05, 3.63) is 47.7 Å². The number of pyridine rings is 1. The number of hydrogen-bond donors (Lipinski definition) is 1. The van der Waals surface area contributed by atoms with Crippen LogP contribution in [0.15, 0.2) is 41.4 Å². The number of sulfonamides is 1. The molecule has 0 amide bonds. The maximum atomic E-state index is 12.9. The summed E-state index contributed by atoms with van der Waals surface area (Å²) < 4.78 is 27.3. The molecule has 0 bridgehead atoms. The molecule has 1 atom stereocenters. The van der Waals surface area contributed by atoms with Crippen molar-refractivity contribution in [2.24, 2.45) is 0 Å². The van der Waals surface area contributed by atoms with Gasteiger partial charge in [0.25, 0.3) is 0 Å². The van der Waals surface area contributed by atoms with E-state index in [0.717, 1.165) is 17.5 Å². The summed E-state index contributed by atoms with van der Waals surface area (Å²) in [5.41, 5.74) is 2.96. The van der Waals surface area contributed by atoms with Gasteiger partial charge < -0.3 is 5.11 Å². The van der Waals surface area contributed by atoms with Gasteiger partial charge in [-0.1, -0.05) is 6.07 Å². The number of aliphatic hydroxyl groups excluding tert-OH is 1. The Morgan fingerprint density at radius 3 is 2.75 bits per heavy atom. The lowest BCUT2D eigenvalue weighted by Crippen LogP contribution is -2.37. The number of nitriles is 1. The van der Waals surface area contributed by atoms with Crippen molar-refractivity contribution in [1.82, 2.24) is 14.2 Å².